The van der Waals surface area contributed by atoms with E-state index in [0.29, 0.717) is 6.54 Å². The van der Waals surface area contributed by atoms with Crippen molar-refractivity contribution in [1.29, 1.82) is 0 Å². The van der Waals surface area contributed by atoms with Crippen molar-refractivity contribution in [2.45, 2.75) is 30.8 Å². The van der Waals surface area contributed by atoms with E-state index in [9.17, 15) is 5.11 Å². The molecule has 1 aromatic carbocycles. The number of aliphatic hydroxyl groups is 1. The average molecular weight is 254 g/mol. The number of hydrogen-bond donors (Lipinski definition) is 2. The second-order valence-electron chi connectivity index (χ2n) is 4.69. The highest BCUT2D eigenvalue weighted by molar-refractivity contribution is 7.98. The molecule has 0 amide bonds. The van der Waals surface area contributed by atoms with Crippen molar-refractivity contribution < 1.29 is 5.11 Å². The summed E-state index contributed by atoms with van der Waals surface area (Å²) in [5, 5.41) is 9.44. The Bertz CT molecular complexity index is 380. The number of benzene rings is 1. The molecule has 0 aliphatic carbocycles. The van der Waals surface area contributed by atoms with Gasteiger partial charge in [-0.2, -0.15) is 0 Å². The second kappa shape index (κ2) is 5.76. The lowest BCUT2D eigenvalue weighted by Crippen LogP contribution is -2.45. The van der Waals surface area contributed by atoms with Crippen molar-refractivity contribution in [3.63, 3.8) is 0 Å². The predicted octanol–water partition coefficient (Wildman–Crippen LogP) is 2.07. The van der Waals surface area contributed by atoms with E-state index in [2.05, 4.69) is 23.3 Å². The molecule has 0 radical (unpaired) electrons. The molecule has 0 atom stereocenters. The average Bonchev–Trinajstić information content (AvgIpc) is 2.36. The molecule has 3 N–H and O–H groups in total. The van der Waals surface area contributed by atoms with Gasteiger partial charge in [0.2, 0.25) is 0 Å². The van der Waals surface area contributed by atoms with Crippen LogP contribution in [0.4, 0.5) is 5.69 Å². The van der Waals surface area contributed by atoms with Crippen LogP contribution in [0.15, 0.2) is 23.1 Å². The van der Waals surface area contributed by atoms with Crippen LogP contribution in [0, 0.1) is 0 Å². The summed E-state index contributed by atoms with van der Waals surface area (Å²) in [5.74, 6) is 0. The first-order valence-corrected chi connectivity index (χ1v) is 6.91. The van der Waals surface area contributed by atoms with E-state index in [1.807, 2.05) is 27.0 Å². The van der Waals surface area contributed by atoms with Gasteiger partial charge in [0.05, 0.1) is 12.1 Å². The second-order valence-corrected chi connectivity index (χ2v) is 5.54. The van der Waals surface area contributed by atoms with Crippen molar-refractivity contribution in [1.82, 2.24) is 0 Å². The summed E-state index contributed by atoms with van der Waals surface area (Å²) in [6.45, 7) is 4.65. The zero-order chi connectivity index (χ0) is 13.1. The van der Waals surface area contributed by atoms with Crippen LogP contribution < -0.4 is 10.6 Å². The summed E-state index contributed by atoms with van der Waals surface area (Å²) in [7, 11) is 1.99. The van der Waals surface area contributed by atoms with Crippen molar-refractivity contribution in [3.8, 4) is 0 Å². The van der Waals surface area contributed by atoms with Gasteiger partial charge in [0.15, 0.2) is 0 Å². The Morgan fingerprint density at radius 3 is 2.53 bits per heavy atom. The predicted molar refractivity (Wildman–Crippen MR) is 75.7 cm³/mol. The Labute approximate surface area is 108 Å². The fraction of sp³-hybridized carbons (Fsp3) is 0.538. The minimum Gasteiger partial charge on any atom is -0.394 e. The van der Waals surface area contributed by atoms with Crippen LogP contribution in [0.1, 0.15) is 19.4 Å². The van der Waals surface area contributed by atoms with Gasteiger partial charge in [-0.3, -0.25) is 0 Å². The SMILES string of the molecule is CSc1cccc(N(C)C(C)(C)CO)c1CN. The Morgan fingerprint density at radius 2 is 2.06 bits per heavy atom. The van der Waals surface area contributed by atoms with Gasteiger partial charge in [-0.15, -0.1) is 11.8 Å². The normalized spacial score (nSPS) is 11.6. The Hall–Kier alpha value is -0.710. The molecule has 96 valence electrons. The quantitative estimate of drug-likeness (QED) is 0.790. The highest BCUT2D eigenvalue weighted by Crippen LogP contribution is 2.31. The minimum atomic E-state index is -0.291. The molecule has 4 heteroatoms. The maximum atomic E-state index is 9.44. The van der Waals surface area contributed by atoms with Gasteiger partial charge < -0.3 is 15.7 Å². The maximum absolute atomic E-state index is 9.44. The van der Waals surface area contributed by atoms with Gasteiger partial charge in [0.1, 0.15) is 0 Å². The largest absolute Gasteiger partial charge is 0.394 e. The zero-order valence-electron chi connectivity index (χ0n) is 11.0. The Balaban J connectivity index is 3.22. The third kappa shape index (κ3) is 2.94. The van der Waals surface area contributed by atoms with Crippen molar-refractivity contribution in [2.24, 2.45) is 5.73 Å². The maximum Gasteiger partial charge on any atom is 0.0658 e. The van der Waals surface area contributed by atoms with Gasteiger partial charge in [0.25, 0.3) is 0 Å². The molecule has 0 heterocycles. The number of likely N-dealkylation sites (N-methyl/N-ethyl adjacent to an activating group) is 1. The minimum absolute atomic E-state index is 0.108. The Morgan fingerprint density at radius 1 is 1.41 bits per heavy atom. The van der Waals surface area contributed by atoms with Crippen LogP contribution in [-0.2, 0) is 6.54 Å². The lowest BCUT2D eigenvalue weighted by atomic mass is 10.0. The van der Waals surface area contributed by atoms with Crippen molar-refractivity contribution in [2.75, 3.05) is 24.8 Å². The summed E-state index contributed by atoms with van der Waals surface area (Å²) in [6, 6.07) is 6.17. The van der Waals surface area contributed by atoms with E-state index in [4.69, 9.17) is 5.73 Å². The number of aliphatic hydroxyl groups excluding tert-OH is 1. The summed E-state index contributed by atoms with van der Waals surface area (Å²) in [4.78, 5) is 3.29. The molecule has 0 aliphatic rings. The fourth-order valence-corrected chi connectivity index (χ4v) is 2.35. The molecule has 3 nitrogen and oxygen atoms in total. The van der Waals surface area contributed by atoms with Crippen LogP contribution in [0.2, 0.25) is 0 Å². The lowest BCUT2D eigenvalue weighted by Gasteiger charge is -2.37. The standard InChI is InChI=1S/C13H22N2OS/c1-13(2,9-16)15(3)11-6-5-7-12(17-4)10(11)8-14/h5-7,16H,8-9,14H2,1-4H3. The Kier molecular flexibility index (Phi) is 4.86. The topological polar surface area (TPSA) is 49.5 Å². The first-order chi connectivity index (χ1) is 7.97. The number of nitrogens with two attached hydrogens (primary N) is 1. The molecule has 0 aromatic heterocycles. The van der Waals surface area contributed by atoms with E-state index in [1.54, 1.807) is 11.8 Å². The summed E-state index contributed by atoms with van der Waals surface area (Å²) < 4.78 is 0. The monoisotopic (exact) mass is 254 g/mol. The van der Waals surface area contributed by atoms with Gasteiger partial charge >= 0.3 is 0 Å². The molecule has 1 rings (SSSR count). The lowest BCUT2D eigenvalue weighted by molar-refractivity contribution is 0.216. The van der Waals surface area contributed by atoms with E-state index >= 15 is 0 Å². The first kappa shape index (κ1) is 14.4. The summed E-state index contributed by atoms with van der Waals surface area (Å²) >= 11 is 1.70. The number of anilines is 1. The van der Waals surface area contributed by atoms with E-state index in [1.165, 1.54) is 4.90 Å². The van der Waals surface area contributed by atoms with Crippen LogP contribution >= 0.6 is 11.8 Å². The number of thioether (sulfide) groups is 1. The molecule has 0 saturated carbocycles. The molecule has 0 aliphatic heterocycles. The summed E-state index contributed by atoms with van der Waals surface area (Å²) in [6.07, 6.45) is 2.05. The fourth-order valence-electron chi connectivity index (χ4n) is 1.70. The van der Waals surface area contributed by atoms with Gasteiger partial charge in [-0.25, -0.2) is 0 Å². The van der Waals surface area contributed by atoms with E-state index < -0.39 is 0 Å². The molecule has 0 fully saturated rings. The van der Waals surface area contributed by atoms with Gasteiger partial charge in [-0.1, -0.05) is 6.07 Å². The van der Waals surface area contributed by atoms with Crippen LogP contribution in [0.25, 0.3) is 0 Å². The molecule has 17 heavy (non-hydrogen) atoms. The molecule has 1 aromatic rings. The summed E-state index contributed by atoms with van der Waals surface area (Å²) in [5.41, 5.74) is 7.79. The van der Waals surface area contributed by atoms with Crippen molar-refractivity contribution in [3.05, 3.63) is 23.8 Å². The molecule has 0 spiro atoms. The highest BCUT2D eigenvalue weighted by atomic mass is 32.2. The third-order valence-electron chi connectivity index (χ3n) is 3.19. The number of rotatable bonds is 5. The van der Waals surface area contributed by atoms with E-state index in [-0.39, 0.29) is 12.1 Å². The van der Waals surface area contributed by atoms with E-state index in [0.717, 1.165) is 11.3 Å². The molecular weight excluding hydrogens is 232 g/mol. The van der Waals surface area contributed by atoms with Gasteiger partial charge in [-0.05, 0) is 32.2 Å². The number of nitrogens with zero attached hydrogens (tertiary/aromatic N) is 1. The number of hydrogen-bond acceptors (Lipinski definition) is 4. The molecule has 0 saturated heterocycles. The van der Waals surface area contributed by atoms with Crippen LogP contribution in [0.3, 0.4) is 0 Å². The van der Waals surface area contributed by atoms with Crippen LogP contribution in [-0.4, -0.2) is 30.6 Å². The first-order valence-electron chi connectivity index (χ1n) is 5.68. The smallest absolute Gasteiger partial charge is 0.0658 e. The molecular formula is C13H22N2OS. The zero-order valence-corrected chi connectivity index (χ0v) is 11.8. The third-order valence-corrected chi connectivity index (χ3v) is 4.01. The van der Waals surface area contributed by atoms with Crippen LogP contribution in [0.5, 0.6) is 0 Å². The molecule has 0 bridgehead atoms. The highest BCUT2D eigenvalue weighted by Gasteiger charge is 2.24. The van der Waals surface area contributed by atoms with Gasteiger partial charge in [0, 0.05) is 29.7 Å². The van der Waals surface area contributed by atoms with Crippen molar-refractivity contribution >= 4 is 17.4 Å². The molecule has 0 unspecified atom stereocenters.